The van der Waals surface area contributed by atoms with Crippen molar-refractivity contribution in [2.24, 2.45) is 5.73 Å². The van der Waals surface area contributed by atoms with Crippen LogP contribution in [0.25, 0.3) is 0 Å². The van der Waals surface area contributed by atoms with E-state index in [4.69, 9.17) is 5.73 Å². The van der Waals surface area contributed by atoms with Crippen LogP contribution in [0.4, 0.5) is 0 Å². The molecule has 0 aromatic carbocycles. The zero-order chi connectivity index (χ0) is 12.0. The molecule has 16 heavy (non-hydrogen) atoms. The van der Waals surface area contributed by atoms with Gasteiger partial charge in [0.1, 0.15) is 6.33 Å². The van der Waals surface area contributed by atoms with Crippen LogP contribution in [0.2, 0.25) is 0 Å². The molecule has 0 aliphatic carbocycles. The molecule has 3 N–H and O–H groups in total. The smallest absolute Gasteiger partial charge is 0.237 e. The average molecular weight is 225 g/mol. The van der Waals surface area contributed by atoms with Crippen LogP contribution in [-0.2, 0) is 17.9 Å². The summed E-state index contributed by atoms with van der Waals surface area (Å²) in [6.45, 7) is 5.17. The number of amides is 1. The molecule has 1 atom stereocenters. The van der Waals surface area contributed by atoms with E-state index < -0.39 is 6.04 Å². The summed E-state index contributed by atoms with van der Waals surface area (Å²) in [5.74, 6) is 0.618. The second-order valence-corrected chi connectivity index (χ2v) is 3.65. The van der Waals surface area contributed by atoms with Gasteiger partial charge in [-0.05, 0) is 13.3 Å². The number of hydrogen-bond acceptors (Lipinski definition) is 4. The van der Waals surface area contributed by atoms with Gasteiger partial charge in [0.05, 0.1) is 12.6 Å². The molecule has 0 saturated carbocycles. The van der Waals surface area contributed by atoms with Crippen molar-refractivity contribution in [2.45, 2.75) is 45.8 Å². The molecule has 0 saturated heterocycles. The quantitative estimate of drug-likeness (QED) is 0.716. The second kappa shape index (κ2) is 6.22. The van der Waals surface area contributed by atoms with Crippen molar-refractivity contribution in [3.63, 3.8) is 0 Å². The number of nitrogens with two attached hydrogens (primary N) is 1. The molecule has 1 rings (SSSR count). The number of carbonyl (C=O) groups is 1. The topological polar surface area (TPSA) is 85.8 Å². The van der Waals surface area contributed by atoms with Gasteiger partial charge in [-0.15, -0.1) is 10.2 Å². The van der Waals surface area contributed by atoms with E-state index >= 15 is 0 Å². The maximum atomic E-state index is 11.5. The van der Waals surface area contributed by atoms with E-state index in [1.165, 1.54) is 0 Å². The Morgan fingerprint density at radius 1 is 1.62 bits per heavy atom. The van der Waals surface area contributed by atoms with E-state index in [-0.39, 0.29) is 5.91 Å². The highest BCUT2D eigenvalue weighted by Crippen LogP contribution is 1.96. The van der Waals surface area contributed by atoms with Gasteiger partial charge in [0.15, 0.2) is 5.82 Å². The molecule has 0 bridgehead atoms. The minimum atomic E-state index is -0.428. The van der Waals surface area contributed by atoms with Crippen molar-refractivity contribution in [3.05, 3.63) is 12.2 Å². The Labute approximate surface area is 95.2 Å². The van der Waals surface area contributed by atoms with Gasteiger partial charge in [-0.1, -0.05) is 13.3 Å². The molecule has 0 aliphatic heterocycles. The largest absolute Gasteiger partial charge is 0.347 e. The van der Waals surface area contributed by atoms with Crippen molar-refractivity contribution in [1.29, 1.82) is 0 Å². The fourth-order valence-corrected chi connectivity index (χ4v) is 1.42. The first-order valence-electron chi connectivity index (χ1n) is 5.59. The number of rotatable bonds is 6. The van der Waals surface area contributed by atoms with Crippen LogP contribution >= 0.6 is 0 Å². The lowest BCUT2D eigenvalue weighted by atomic mass is 10.2. The molecule has 1 amide bonds. The standard InChI is InChI=1S/C10H19N5O/c1-3-5-8(11)10(16)12-6-9-14-13-7-15(9)4-2/h7-8H,3-6,11H2,1-2H3,(H,12,16). The average Bonchev–Trinajstić information content (AvgIpc) is 2.73. The van der Waals surface area contributed by atoms with Gasteiger partial charge in [-0.25, -0.2) is 0 Å². The van der Waals surface area contributed by atoms with Crippen molar-refractivity contribution in [2.75, 3.05) is 0 Å². The summed E-state index contributed by atoms with van der Waals surface area (Å²) in [4.78, 5) is 11.5. The van der Waals surface area contributed by atoms with Crippen LogP contribution in [0.1, 0.15) is 32.5 Å². The SMILES string of the molecule is CCCC(N)C(=O)NCc1nncn1CC. The minimum absolute atomic E-state index is 0.132. The van der Waals surface area contributed by atoms with Crippen molar-refractivity contribution in [3.8, 4) is 0 Å². The molecule has 1 aromatic rings. The van der Waals surface area contributed by atoms with Crippen molar-refractivity contribution in [1.82, 2.24) is 20.1 Å². The van der Waals surface area contributed by atoms with Gasteiger partial charge in [0, 0.05) is 6.54 Å². The Morgan fingerprint density at radius 2 is 2.38 bits per heavy atom. The van der Waals surface area contributed by atoms with Gasteiger partial charge in [-0.3, -0.25) is 4.79 Å². The summed E-state index contributed by atoms with van der Waals surface area (Å²) in [5.41, 5.74) is 5.68. The van der Waals surface area contributed by atoms with Crippen LogP contribution < -0.4 is 11.1 Å². The summed E-state index contributed by atoms with van der Waals surface area (Å²) in [5, 5.41) is 10.5. The summed E-state index contributed by atoms with van der Waals surface area (Å²) in [6, 6.07) is -0.428. The Morgan fingerprint density at radius 3 is 3.00 bits per heavy atom. The van der Waals surface area contributed by atoms with Crippen molar-refractivity contribution >= 4 is 5.91 Å². The van der Waals surface area contributed by atoms with Gasteiger partial charge in [0.25, 0.3) is 0 Å². The maximum absolute atomic E-state index is 11.5. The fourth-order valence-electron chi connectivity index (χ4n) is 1.42. The first-order valence-corrected chi connectivity index (χ1v) is 5.59. The summed E-state index contributed by atoms with van der Waals surface area (Å²) in [7, 11) is 0. The third-order valence-corrected chi connectivity index (χ3v) is 2.39. The predicted octanol–water partition coefficient (Wildman–Crippen LogP) is 0.0416. The van der Waals surface area contributed by atoms with Crippen LogP contribution in [0.5, 0.6) is 0 Å². The number of hydrogen-bond donors (Lipinski definition) is 2. The van der Waals surface area contributed by atoms with E-state index in [1.807, 2.05) is 18.4 Å². The Balaban J connectivity index is 2.42. The Bertz CT molecular complexity index is 336. The number of aromatic nitrogens is 3. The van der Waals surface area contributed by atoms with Crippen LogP contribution in [0, 0.1) is 0 Å². The molecule has 0 radical (unpaired) electrons. The number of aryl methyl sites for hydroxylation is 1. The maximum Gasteiger partial charge on any atom is 0.237 e. The minimum Gasteiger partial charge on any atom is -0.347 e. The molecule has 6 nitrogen and oxygen atoms in total. The molecular formula is C10H19N5O. The van der Waals surface area contributed by atoms with Gasteiger partial charge in [0.2, 0.25) is 5.91 Å². The number of nitrogens with zero attached hydrogens (tertiary/aromatic N) is 3. The molecule has 1 aromatic heterocycles. The first-order chi connectivity index (χ1) is 7.69. The third-order valence-electron chi connectivity index (χ3n) is 2.39. The highest BCUT2D eigenvalue weighted by Gasteiger charge is 2.12. The zero-order valence-electron chi connectivity index (χ0n) is 9.81. The molecule has 0 fully saturated rings. The number of nitrogens with one attached hydrogen (secondary N) is 1. The highest BCUT2D eigenvalue weighted by atomic mass is 16.2. The van der Waals surface area contributed by atoms with Gasteiger partial charge < -0.3 is 15.6 Å². The van der Waals surface area contributed by atoms with Crippen LogP contribution in [0.15, 0.2) is 6.33 Å². The molecule has 6 heteroatoms. The van der Waals surface area contributed by atoms with E-state index in [2.05, 4.69) is 15.5 Å². The monoisotopic (exact) mass is 225 g/mol. The Kier molecular flexibility index (Phi) is 4.91. The molecule has 90 valence electrons. The van der Waals surface area contributed by atoms with Gasteiger partial charge in [-0.2, -0.15) is 0 Å². The molecular weight excluding hydrogens is 206 g/mol. The lowest BCUT2D eigenvalue weighted by Crippen LogP contribution is -2.40. The van der Waals surface area contributed by atoms with E-state index in [0.717, 1.165) is 18.8 Å². The molecule has 1 unspecified atom stereocenters. The molecule has 0 spiro atoms. The molecule has 0 aliphatic rings. The summed E-state index contributed by atoms with van der Waals surface area (Å²) in [6.07, 6.45) is 3.25. The van der Waals surface area contributed by atoms with E-state index in [9.17, 15) is 4.79 Å². The Hall–Kier alpha value is -1.43. The van der Waals surface area contributed by atoms with Crippen LogP contribution in [0.3, 0.4) is 0 Å². The van der Waals surface area contributed by atoms with Gasteiger partial charge >= 0.3 is 0 Å². The first kappa shape index (κ1) is 12.6. The summed E-state index contributed by atoms with van der Waals surface area (Å²) >= 11 is 0. The van der Waals surface area contributed by atoms with Crippen LogP contribution in [-0.4, -0.2) is 26.7 Å². The zero-order valence-corrected chi connectivity index (χ0v) is 9.81. The molecule has 1 heterocycles. The third kappa shape index (κ3) is 3.30. The lowest BCUT2D eigenvalue weighted by molar-refractivity contribution is -0.122. The number of carbonyl (C=O) groups excluding carboxylic acids is 1. The summed E-state index contributed by atoms with van der Waals surface area (Å²) < 4.78 is 1.88. The van der Waals surface area contributed by atoms with Crippen molar-refractivity contribution < 1.29 is 4.79 Å². The van der Waals surface area contributed by atoms with E-state index in [0.29, 0.717) is 13.0 Å². The predicted molar refractivity (Wildman–Crippen MR) is 60.4 cm³/mol. The fraction of sp³-hybridized carbons (Fsp3) is 0.700. The lowest BCUT2D eigenvalue weighted by Gasteiger charge is -2.10. The highest BCUT2D eigenvalue weighted by molar-refractivity contribution is 5.81. The second-order valence-electron chi connectivity index (χ2n) is 3.65. The normalized spacial score (nSPS) is 12.4. The van der Waals surface area contributed by atoms with E-state index in [1.54, 1.807) is 6.33 Å².